The summed E-state index contributed by atoms with van der Waals surface area (Å²) < 4.78 is 29.7. The minimum Gasteiger partial charge on any atom is -0.496 e. The third kappa shape index (κ3) is 3.74. The van der Waals surface area contributed by atoms with Crippen LogP contribution in [0, 0.1) is 5.82 Å². The van der Waals surface area contributed by atoms with E-state index >= 15 is 0 Å². The smallest absolute Gasteiger partial charge is 0.231 e. The van der Waals surface area contributed by atoms with E-state index in [4.69, 9.17) is 14.2 Å². The first-order valence-corrected chi connectivity index (χ1v) is 9.43. The summed E-state index contributed by atoms with van der Waals surface area (Å²) >= 11 is 1.57. The second kappa shape index (κ2) is 7.54. The van der Waals surface area contributed by atoms with Gasteiger partial charge in [-0.3, -0.25) is 0 Å². The van der Waals surface area contributed by atoms with Gasteiger partial charge in [-0.2, -0.15) is 0 Å². The molecule has 0 saturated heterocycles. The Bertz CT molecular complexity index is 960. The fraction of sp³-hybridized carbons (Fsp3) is 0.250. The number of thiazole rings is 1. The van der Waals surface area contributed by atoms with Crippen molar-refractivity contribution in [3.05, 3.63) is 58.9 Å². The molecule has 2 aromatic carbocycles. The van der Waals surface area contributed by atoms with Crippen LogP contribution >= 0.6 is 11.3 Å². The van der Waals surface area contributed by atoms with Gasteiger partial charge in [-0.05, 0) is 43.3 Å². The Morgan fingerprint density at radius 1 is 1.22 bits per heavy atom. The van der Waals surface area contributed by atoms with Crippen LogP contribution in [0.15, 0.2) is 41.8 Å². The summed E-state index contributed by atoms with van der Waals surface area (Å²) in [4.78, 5) is 4.69. The summed E-state index contributed by atoms with van der Waals surface area (Å²) in [6.45, 7) is 2.80. The third-order valence-corrected chi connectivity index (χ3v) is 5.36. The van der Waals surface area contributed by atoms with Gasteiger partial charge in [-0.1, -0.05) is 0 Å². The van der Waals surface area contributed by atoms with Crippen molar-refractivity contribution < 1.29 is 18.6 Å². The van der Waals surface area contributed by atoms with Crippen molar-refractivity contribution in [1.29, 1.82) is 0 Å². The van der Waals surface area contributed by atoms with Crippen LogP contribution in [-0.4, -0.2) is 18.9 Å². The van der Waals surface area contributed by atoms with Crippen molar-refractivity contribution in [1.82, 2.24) is 10.3 Å². The summed E-state index contributed by atoms with van der Waals surface area (Å²) in [5, 5.41) is 6.31. The first-order valence-electron chi connectivity index (χ1n) is 8.55. The normalized spacial score (nSPS) is 13.6. The summed E-state index contributed by atoms with van der Waals surface area (Å²) in [6.07, 6.45) is 0. The average Bonchev–Trinajstić information content (AvgIpc) is 3.34. The molecule has 0 amide bonds. The molecule has 1 aliphatic rings. The van der Waals surface area contributed by atoms with Crippen molar-refractivity contribution >= 4 is 11.3 Å². The molecular formula is C20H19FN2O3S. The zero-order chi connectivity index (χ0) is 18.8. The van der Waals surface area contributed by atoms with Crippen LogP contribution in [0.5, 0.6) is 17.2 Å². The predicted octanol–water partition coefficient (Wildman–Crippen LogP) is 4.54. The molecule has 5 nitrogen and oxygen atoms in total. The van der Waals surface area contributed by atoms with E-state index in [0.29, 0.717) is 12.3 Å². The Morgan fingerprint density at radius 3 is 2.93 bits per heavy atom. The lowest BCUT2D eigenvalue weighted by Crippen LogP contribution is -2.19. The third-order valence-electron chi connectivity index (χ3n) is 4.42. The van der Waals surface area contributed by atoms with E-state index in [1.165, 1.54) is 12.1 Å². The Morgan fingerprint density at radius 2 is 2.07 bits per heavy atom. The van der Waals surface area contributed by atoms with Gasteiger partial charge >= 0.3 is 0 Å². The molecule has 1 aromatic heterocycles. The Hall–Kier alpha value is -2.64. The van der Waals surface area contributed by atoms with Gasteiger partial charge in [-0.25, -0.2) is 9.37 Å². The van der Waals surface area contributed by atoms with E-state index in [9.17, 15) is 4.39 Å². The molecule has 1 unspecified atom stereocenters. The van der Waals surface area contributed by atoms with Gasteiger partial charge in [0.1, 0.15) is 16.6 Å². The largest absolute Gasteiger partial charge is 0.496 e. The van der Waals surface area contributed by atoms with Crippen LogP contribution in [0.4, 0.5) is 4.39 Å². The number of hydrogen-bond donors (Lipinski definition) is 1. The van der Waals surface area contributed by atoms with Crippen molar-refractivity contribution in [2.75, 3.05) is 13.9 Å². The summed E-state index contributed by atoms with van der Waals surface area (Å²) in [7, 11) is 1.58. The molecule has 0 aliphatic carbocycles. The average molecular weight is 386 g/mol. The van der Waals surface area contributed by atoms with E-state index in [2.05, 4.69) is 10.3 Å². The number of nitrogens with zero attached hydrogens (tertiary/aromatic N) is 1. The van der Waals surface area contributed by atoms with Crippen LogP contribution < -0.4 is 19.5 Å². The number of methoxy groups -OCH3 is 1. The number of nitrogens with one attached hydrogen (secondary N) is 1. The van der Waals surface area contributed by atoms with Crippen LogP contribution in [0.25, 0.3) is 10.6 Å². The topological polar surface area (TPSA) is 52.6 Å². The lowest BCUT2D eigenvalue weighted by molar-refractivity contribution is 0.174. The first-order chi connectivity index (χ1) is 13.1. The molecule has 1 atom stereocenters. The molecule has 0 fully saturated rings. The summed E-state index contributed by atoms with van der Waals surface area (Å²) in [5.74, 6) is 1.89. The fourth-order valence-electron chi connectivity index (χ4n) is 2.96. The number of aromatic nitrogens is 1. The Kier molecular flexibility index (Phi) is 4.96. The standard InChI is InChI=1S/C20H19FN2O3S/c1-12(16-8-14(21)4-6-17(16)24-2)22-9-15-10-27-20(23-15)13-3-5-18-19(7-13)26-11-25-18/h3-8,10,12,22H,9,11H2,1-2H3. The molecule has 4 rings (SSSR count). The maximum Gasteiger partial charge on any atom is 0.231 e. The molecule has 1 N–H and O–H groups in total. The Labute approximate surface area is 160 Å². The number of hydrogen-bond acceptors (Lipinski definition) is 6. The van der Waals surface area contributed by atoms with Gasteiger partial charge in [0.15, 0.2) is 11.5 Å². The predicted molar refractivity (Wildman–Crippen MR) is 102 cm³/mol. The van der Waals surface area contributed by atoms with Gasteiger partial charge in [0.25, 0.3) is 0 Å². The highest BCUT2D eigenvalue weighted by atomic mass is 32.1. The molecule has 0 radical (unpaired) electrons. The lowest BCUT2D eigenvalue weighted by atomic mass is 10.1. The zero-order valence-electron chi connectivity index (χ0n) is 15.0. The van der Waals surface area contributed by atoms with Crippen molar-refractivity contribution in [3.8, 4) is 27.8 Å². The zero-order valence-corrected chi connectivity index (χ0v) is 15.8. The monoisotopic (exact) mass is 386 g/mol. The van der Waals surface area contributed by atoms with Crippen LogP contribution in [-0.2, 0) is 6.54 Å². The molecule has 3 aromatic rings. The molecule has 0 saturated carbocycles. The Balaban J connectivity index is 1.45. The SMILES string of the molecule is COc1ccc(F)cc1C(C)NCc1csc(-c2ccc3c(c2)OCO3)n1. The first kappa shape index (κ1) is 17.8. The summed E-state index contributed by atoms with van der Waals surface area (Å²) in [5.41, 5.74) is 2.70. The molecular weight excluding hydrogens is 367 g/mol. The minimum atomic E-state index is -0.279. The number of ether oxygens (including phenoxy) is 3. The van der Waals surface area contributed by atoms with E-state index in [0.717, 1.165) is 33.3 Å². The van der Waals surface area contributed by atoms with Crippen LogP contribution in [0.2, 0.25) is 0 Å². The van der Waals surface area contributed by atoms with E-state index < -0.39 is 0 Å². The maximum atomic E-state index is 13.6. The molecule has 1 aliphatic heterocycles. The highest BCUT2D eigenvalue weighted by Crippen LogP contribution is 2.36. The van der Waals surface area contributed by atoms with Crippen LogP contribution in [0.3, 0.4) is 0 Å². The fourth-order valence-corrected chi connectivity index (χ4v) is 3.78. The lowest BCUT2D eigenvalue weighted by Gasteiger charge is -2.16. The molecule has 0 spiro atoms. The number of fused-ring (bicyclic) bond motifs is 1. The van der Waals surface area contributed by atoms with Gasteiger partial charge in [0, 0.05) is 29.1 Å². The molecule has 27 heavy (non-hydrogen) atoms. The second-order valence-corrected chi connectivity index (χ2v) is 7.06. The van der Waals surface area contributed by atoms with Gasteiger partial charge in [-0.15, -0.1) is 11.3 Å². The van der Waals surface area contributed by atoms with Crippen molar-refractivity contribution in [2.24, 2.45) is 0 Å². The van der Waals surface area contributed by atoms with Crippen molar-refractivity contribution in [3.63, 3.8) is 0 Å². The van der Waals surface area contributed by atoms with Gasteiger partial charge in [0.2, 0.25) is 6.79 Å². The number of benzene rings is 2. The van der Waals surface area contributed by atoms with E-state index in [-0.39, 0.29) is 18.7 Å². The van der Waals surface area contributed by atoms with Gasteiger partial charge < -0.3 is 19.5 Å². The number of halogens is 1. The molecule has 7 heteroatoms. The molecule has 0 bridgehead atoms. The number of rotatable bonds is 6. The maximum absolute atomic E-state index is 13.6. The quantitative estimate of drug-likeness (QED) is 0.674. The highest BCUT2D eigenvalue weighted by Gasteiger charge is 2.16. The van der Waals surface area contributed by atoms with E-state index in [1.54, 1.807) is 24.5 Å². The van der Waals surface area contributed by atoms with Crippen LogP contribution in [0.1, 0.15) is 24.2 Å². The molecule has 2 heterocycles. The summed E-state index contributed by atoms with van der Waals surface area (Å²) in [6, 6.07) is 10.3. The minimum absolute atomic E-state index is 0.0775. The molecule has 140 valence electrons. The van der Waals surface area contributed by atoms with Crippen molar-refractivity contribution in [2.45, 2.75) is 19.5 Å². The highest BCUT2D eigenvalue weighted by molar-refractivity contribution is 7.13. The second-order valence-electron chi connectivity index (χ2n) is 6.20. The van der Waals surface area contributed by atoms with E-state index in [1.807, 2.05) is 30.5 Å². The van der Waals surface area contributed by atoms with Gasteiger partial charge in [0.05, 0.1) is 12.8 Å².